The predicted molar refractivity (Wildman–Crippen MR) is 111 cm³/mol. The average molecular weight is 412 g/mol. The van der Waals surface area contributed by atoms with Gasteiger partial charge < -0.3 is 5.32 Å². The maximum atomic E-state index is 13.1. The second kappa shape index (κ2) is 8.45. The maximum Gasteiger partial charge on any atom is 0.261 e. The summed E-state index contributed by atoms with van der Waals surface area (Å²) in [6, 6.07) is 18.4. The molecule has 3 aromatic rings. The van der Waals surface area contributed by atoms with Gasteiger partial charge in [0, 0.05) is 5.56 Å². The van der Waals surface area contributed by atoms with Crippen LogP contribution in [0, 0.1) is 12.7 Å². The zero-order valence-corrected chi connectivity index (χ0v) is 16.8. The molecular weight excluding hydrogens is 391 g/mol. The van der Waals surface area contributed by atoms with E-state index in [2.05, 4.69) is 10.0 Å². The van der Waals surface area contributed by atoms with Crippen molar-refractivity contribution in [3.8, 4) is 0 Å². The first kappa shape index (κ1) is 20.5. The van der Waals surface area contributed by atoms with Gasteiger partial charge in [-0.25, -0.2) is 12.8 Å². The lowest BCUT2D eigenvalue weighted by Gasteiger charge is -2.16. The molecule has 0 saturated heterocycles. The maximum absolute atomic E-state index is 13.1. The van der Waals surface area contributed by atoms with Crippen molar-refractivity contribution < 1.29 is 17.6 Å². The summed E-state index contributed by atoms with van der Waals surface area (Å²) in [5, 5.41) is 2.83. The van der Waals surface area contributed by atoms with E-state index in [9.17, 15) is 17.6 Å². The van der Waals surface area contributed by atoms with Crippen LogP contribution in [0.3, 0.4) is 0 Å². The standard InChI is InChI=1S/C22H21FN2O3S/c1-15-8-9-18(22(26)24-16(2)17-10-12-19(23)13-11-17)14-21(15)25-29(27,28)20-6-4-3-5-7-20/h3-14,16,25H,1-2H3,(H,24,26)/t16-/m1/s1. The summed E-state index contributed by atoms with van der Waals surface area (Å²) in [5.74, 6) is -0.705. The first-order valence-corrected chi connectivity index (χ1v) is 10.5. The average Bonchev–Trinajstić information content (AvgIpc) is 2.70. The minimum Gasteiger partial charge on any atom is -0.346 e. The monoisotopic (exact) mass is 412 g/mol. The first-order valence-electron chi connectivity index (χ1n) is 9.01. The van der Waals surface area contributed by atoms with Crippen molar-refractivity contribution in [3.63, 3.8) is 0 Å². The van der Waals surface area contributed by atoms with E-state index in [4.69, 9.17) is 0 Å². The molecule has 1 amide bonds. The molecule has 0 aliphatic rings. The quantitative estimate of drug-likeness (QED) is 0.629. The third-order valence-electron chi connectivity index (χ3n) is 4.52. The van der Waals surface area contributed by atoms with Crippen molar-refractivity contribution in [2.75, 3.05) is 4.72 Å². The Kier molecular flexibility index (Phi) is 5.98. The third kappa shape index (κ3) is 5.00. The van der Waals surface area contributed by atoms with E-state index in [0.717, 1.165) is 5.56 Å². The van der Waals surface area contributed by atoms with Gasteiger partial charge in [-0.05, 0) is 61.4 Å². The molecule has 0 heterocycles. The van der Waals surface area contributed by atoms with Crippen LogP contribution >= 0.6 is 0 Å². The fraction of sp³-hybridized carbons (Fsp3) is 0.136. The number of aryl methyl sites for hydroxylation is 1. The van der Waals surface area contributed by atoms with E-state index in [1.54, 1.807) is 56.3 Å². The highest BCUT2D eigenvalue weighted by Gasteiger charge is 2.17. The summed E-state index contributed by atoms with van der Waals surface area (Å²) in [5.41, 5.74) is 2.09. The van der Waals surface area contributed by atoms with E-state index >= 15 is 0 Å². The largest absolute Gasteiger partial charge is 0.346 e. The molecule has 0 aliphatic carbocycles. The van der Waals surface area contributed by atoms with Gasteiger partial charge in [0.25, 0.3) is 15.9 Å². The fourth-order valence-corrected chi connectivity index (χ4v) is 3.93. The van der Waals surface area contributed by atoms with Gasteiger partial charge in [-0.15, -0.1) is 0 Å². The highest BCUT2D eigenvalue weighted by Crippen LogP contribution is 2.22. The van der Waals surface area contributed by atoms with E-state index in [1.807, 2.05) is 0 Å². The number of benzene rings is 3. The second-order valence-corrected chi connectivity index (χ2v) is 8.38. The van der Waals surface area contributed by atoms with E-state index in [1.165, 1.54) is 30.3 Å². The zero-order chi connectivity index (χ0) is 21.0. The smallest absolute Gasteiger partial charge is 0.261 e. The summed E-state index contributed by atoms with van der Waals surface area (Å²) in [4.78, 5) is 12.8. The lowest BCUT2D eigenvalue weighted by molar-refractivity contribution is 0.0940. The molecule has 2 N–H and O–H groups in total. The number of halogens is 1. The Morgan fingerprint density at radius 1 is 0.966 bits per heavy atom. The summed E-state index contributed by atoms with van der Waals surface area (Å²) in [7, 11) is -3.77. The van der Waals surface area contributed by atoms with Crippen molar-refractivity contribution in [1.29, 1.82) is 0 Å². The van der Waals surface area contributed by atoms with Crippen molar-refractivity contribution >= 4 is 21.6 Å². The number of hydrogen-bond donors (Lipinski definition) is 2. The molecule has 1 atom stereocenters. The molecular formula is C22H21FN2O3S. The highest BCUT2D eigenvalue weighted by atomic mass is 32.2. The van der Waals surface area contributed by atoms with E-state index < -0.39 is 10.0 Å². The minimum absolute atomic E-state index is 0.138. The first-order chi connectivity index (χ1) is 13.8. The lowest BCUT2D eigenvalue weighted by atomic mass is 10.1. The molecule has 0 saturated carbocycles. The number of carbonyl (C=O) groups is 1. The van der Waals surface area contributed by atoms with Gasteiger partial charge in [0.2, 0.25) is 0 Å². The van der Waals surface area contributed by atoms with Crippen LogP contribution in [0.5, 0.6) is 0 Å². The molecule has 0 fully saturated rings. The van der Waals surface area contributed by atoms with Gasteiger partial charge in [-0.3, -0.25) is 9.52 Å². The number of sulfonamides is 1. The Bertz CT molecular complexity index is 1110. The Hall–Kier alpha value is -3.19. The van der Waals surface area contributed by atoms with Gasteiger partial charge in [0.05, 0.1) is 16.6 Å². The lowest BCUT2D eigenvalue weighted by Crippen LogP contribution is -2.26. The summed E-state index contributed by atoms with van der Waals surface area (Å²) < 4.78 is 40.8. The van der Waals surface area contributed by atoms with Gasteiger partial charge in [0.15, 0.2) is 0 Å². The van der Waals surface area contributed by atoms with Crippen LogP contribution in [-0.4, -0.2) is 14.3 Å². The van der Waals surface area contributed by atoms with Crippen LogP contribution in [0.2, 0.25) is 0 Å². The van der Waals surface area contributed by atoms with Gasteiger partial charge >= 0.3 is 0 Å². The number of rotatable bonds is 6. The Balaban J connectivity index is 1.79. The summed E-state index contributed by atoms with van der Waals surface area (Å²) in [6.07, 6.45) is 0. The molecule has 29 heavy (non-hydrogen) atoms. The van der Waals surface area contributed by atoms with Gasteiger partial charge in [-0.1, -0.05) is 36.4 Å². The predicted octanol–water partition coefficient (Wildman–Crippen LogP) is 4.43. The van der Waals surface area contributed by atoms with Crippen molar-refractivity contribution in [3.05, 3.63) is 95.3 Å². The second-order valence-electron chi connectivity index (χ2n) is 6.69. The normalized spacial score (nSPS) is 12.2. The molecule has 3 aromatic carbocycles. The molecule has 150 valence electrons. The molecule has 7 heteroatoms. The van der Waals surface area contributed by atoms with Gasteiger partial charge in [-0.2, -0.15) is 0 Å². The Morgan fingerprint density at radius 3 is 2.28 bits per heavy atom. The van der Waals surface area contributed by atoms with E-state index in [-0.39, 0.29) is 22.7 Å². The number of hydrogen-bond acceptors (Lipinski definition) is 3. The molecule has 0 aliphatic heterocycles. The van der Waals surface area contributed by atoms with Crippen LogP contribution in [0.4, 0.5) is 10.1 Å². The summed E-state index contributed by atoms with van der Waals surface area (Å²) in [6.45, 7) is 3.55. The minimum atomic E-state index is -3.77. The third-order valence-corrected chi connectivity index (χ3v) is 5.90. The molecule has 0 radical (unpaired) electrons. The molecule has 0 spiro atoms. The van der Waals surface area contributed by atoms with Crippen molar-refractivity contribution in [1.82, 2.24) is 5.32 Å². The number of amides is 1. The molecule has 0 unspecified atom stereocenters. The zero-order valence-electron chi connectivity index (χ0n) is 16.0. The number of anilines is 1. The summed E-state index contributed by atoms with van der Waals surface area (Å²) >= 11 is 0. The van der Waals surface area contributed by atoms with Crippen LogP contribution in [0.25, 0.3) is 0 Å². The fourth-order valence-electron chi connectivity index (χ4n) is 2.79. The molecule has 5 nitrogen and oxygen atoms in total. The van der Waals surface area contributed by atoms with Crippen molar-refractivity contribution in [2.45, 2.75) is 24.8 Å². The molecule has 0 bridgehead atoms. The number of nitrogens with one attached hydrogen (secondary N) is 2. The van der Waals surface area contributed by atoms with E-state index in [0.29, 0.717) is 16.8 Å². The molecule has 0 aromatic heterocycles. The molecule has 3 rings (SSSR count). The highest BCUT2D eigenvalue weighted by molar-refractivity contribution is 7.92. The van der Waals surface area contributed by atoms with Crippen LogP contribution < -0.4 is 10.0 Å². The van der Waals surface area contributed by atoms with Crippen molar-refractivity contribution in [2.24, 2.45) is 0 Å². The van der Waals surface area contributed by atoms with Crippen LogP contribution in [-0.2, 0) is 10.0 Å². The van der Waals surface area contributed by atoms with Gasteiger partial charge in [0.1, 0.15) is 5.82 Å². The number of carbonyl (C=O) groups excluding carboxylic acids is 1. The van der Waals surface area contributed by atoms with Crippen LogP contribution in [0.1, 0.15) is 34.5 Å². The Morgan fingerprint density at radius 2 is 1.62 bits per heavy atom. The SMILES string of the molecule is Cc1ccc(C(=O)N[C@H](C)c2ccc(F)cc2)cc1NS(=O)(=O)c1ccccc1. The Labute approximate surface area is 169 Å². The van der Waals surface area contributed by atoms with Crippen LogP contribution in [0.15, 0.2) is 77.7 Å². The topological polar surface area (TPSA) is 75.3 Å².